The van der Waals surface area contributed by atoms with E-state index in [4.69, 9.17) is 9.47 Å². The summed E-state index contributed by atoms with van der Waals surface area (Å²) in [6.07, 6.45) is 0.625. The van der Waals surface area contributed by atoms with Crippen LogP contribution in [0, 0.1) is 0 Å². The molecule has 2 saturated heterocycles. The van der Waals surface area contributed by atoms with E-state index in [9.17, 15) is 4.79 Å². The first-order chi connectivity index (χ1) is 12.7. The van der Waals surface area contributed by atoms with Crippen LogP contribution in [0.2, 0.25) is 0 Å². The van der Waals surface area contributed by atoms with E-state index in [0.717, 1.165) is 62.3 Å². The monoisotopic (exact) mass is 379 g/mol. The van der Waals surface area contributed by atoms with Crippen molar-refractivity contribution in [3.8, 4) is 11.5 Å². The van der Waals surface area contributed by atoms with Gasteiger partial charge in [0.25, 0.3) is 0 Å². The minimum Gasteiger partial charge on any atom is -0.497 e. The Morgan fingerprint density at radius 1 is 1.15 bits per heavy atom. The smallest absolute Gasteiger partial charge is 0.224 e. The van der Waals surface area contributed by atoms with Crippen LogP contribution in [0.1, 0.15) is 12.0 Å². The number of rotatable bonds is 6. The van der Waals surface area contributed by atoms with Gasteiger partial charge in [-0.2, -0.15) is 11.8 Å². The number of carbonyl (C=O) groups excluding carboxylic acids is 1. The Labute approximate surface area is 160 Å². The molecule has 26 heavy (non-hydrogen) atoms. The molecule has 0 saturated carbocycles. The minimum atomic E-state index is 0.285. The lowest BCUT2D eigenvalue weighted by molar-refractivity contribution is -0.133. The van der Waals surface area contributed by atoms with E-state index < -0.39 is 0 Å². The zero-order valence-corrected chi connectivity index (χ0v) is 16.5. The third kappa shape index (κ3) is 5.28. The Hall–Kier alpha value is -1.44. The van der Waals surface area contributed by atoms with Gasteiger partial charge in [0.05, 0.1) is 14.2 Å². The maximum atomic E-state index is 12.5. The zero-order valence-electron chi connectivity index (χ0n) is 15.7. The molecule has 0 aromatic heterocycles. The summed E-state index contributed by atoms with van der Waals surface area (Å²) < 4.78 is 10.7. The number of carbonyl (C=O) groups is 1. The second-order valence-electron chi connectivity index (χ2n) is 6.81. The van der Waals surface area contributed by atoms with E-state index in [1.165, 1.54) is 5.56 Å². The highest BCUT2D eigenvalue weighted by Crippen LogP contribution is 2.24. The number of nitrogens with one attached hydrogen (secondary N) is 1. The Kier molecular flexibility index (Phi) is 7.05. The largest absolute Gasteiger partial charge is 0.497 e. The van der Waals surface area contributed by atoms with E-state index >= 15 is 0 Å². The van der Waals surface area contributed by atoms with Gasteiger partial charge < -0.3 is 19.7 Å². The summed E-state index contributed by atoms with van der Waals surface area (Å²) >= 11 is 1.94. The van der Waals surface area contributed by atoms with Crippen LogP contribution in [0.5, 0.6) is 11.5 Å². The van der Waals surface area contributed by atoms with Gasteiger partial charge in [0.1, 0.15) is 11.5 Å². The quantitative estimate of drug-likeness (QED) is 0.807. The average molecular weight is 380 g/mol. The van der Waals surface area contributed by atoms with E-state index in [-0.39, 0.29) is 5.91 Å². The van der Waals surface area contributed by atoms with Crippen molar-refractivity contribution in [2.75, 3.05) is 58.4 Å². The van der Waals surface area contributed by atoms with Crippen molar-refractivity contribution >= 4 is 17.7 Å². The van der Waals surface area contributed by atoms with Gasteiger partial charge in [-0.25, -0.2) is 0 Å². The molecule has 1 unspecified atom stereocenters. The maximum Gasteiger partial charge on any atom is 0.224 e. The molecule has 0 bridgehead atoms. The third-order valence-corrected chi connectivity index (χ3v) is 6.09. The molecule has 1 atom stereocenters. The van der Waals surface area contributed by atoms with Gasteiger partial charge in [-0.3, -0.25) is 9.69 Å². The van der Waals surface area contributed by atoms with Crippen LogP contribution in [0.25, 0.3) is 0 Å². The molecule has 7 heteroatoms. The highest BCUT2D eigenvalue weighted by molar-refractivity contribution is 7.99. The second-order valence-corrected chi connectivity index (χ2v) is 7.96. The molecule has 0 radical (unpaired) electrons. The second kappa shape index (κ2) is 9.48. The molecule has 1 aromatic rings. The first-order valence-corrected chi connectivity index (χ1v) is 10.4. The van der Waals surface area contributed by atoms with Crippen LogP contribution in [-0.4, -0.2) is 80.2 Å². The molecule has 0 aliphatic carbocycles. The lowest BCUT2D eigenvalue weighted by Crippen LogP contribution is -2.50. The molecule has 0 spiro atoms. The predicted molar refractivity (Wildman–Crippen MR) is 105 cm³/mol. The Balaban J connectivity index is 1.48. The number of thioether (sulfide) groups is 1. The molecule has 144 valence electrons. The number of hydrogen-bond donors (Lipinski definition) is 1. The number of benzene rings is 1. The zero-order chi connectivity index (χ0) is 18.4. The van der Waals surface area contributed by atoms with Gasteiger partial charge in [-0.15, -0.1) is 0 Å². The summed E-state index contributed by atoms with van der Waals surface area (Å²) in [5.41, 5.74) is 1.17. The SMILES string of the molecule is COc1cc(CN2CCN(C(=O)CC3CSCCN3)CC2)cc(OC)c1. The maximum absolute atomic E-state index is 12.5. The molecule has 2 fully saturated rings. The van der Waals surface area contributed by atoms with Crippen molar-refractivity contribution in [3.05, 3.63) is 23.8 Å². The number of amides is 1. The van der Waals surface area contributed by atoms with E-state index in [2.05, 4.69) is 10.2 Å². The highest BCUT2D eigenvalue weighted by atomic mass is 32.2. The number of ether oxygens (including phenoxy) is 2. The van der Waals surface area contributed by atoms with Gasteiger partial charge in [-0.1, -0.05) is 0 Å². The molecular formula is C19H29N3O3S. The van der Waals surface area contributed by atoms with Crippen LogP contribution >= 0.6 is 11.8 Å². The highest BCUT2D eigenvalue weighted by Gasteiger charge is 2.24. The van der Waals surface area contributed by atoms with Crippen molar-refractivity contribution < 1.29 is 14.3 Å². The van der Waals surface area contributed by atoms with Gasteiger partial charge in [0.2, 0.25) is 5.91 Å². The van der Waals surface area contributed by atoms with Crippen LogP contribution in [0.4, 0.5) is 0 Å². The molecule has 6 nitrogen and oxygen atoms in total. The van der Waals surface area contributed by atoms with E-state index in [1.807, 2.05) is 34.9 Å². The molecule has 1 aromatic carbocycles. The number of piperazine rings is 1. The Morgan fingerprint density at radius 2 is 1.85 bits per heavy atom. The molecule has 2 aliphatic heterocycles. The number of hydrogen-bond acceptors (Lipinski definition) is 6. The van der Waals surface area contributed by atoms with Crippen LogP contribution in [0.3, 0.4) is 0 Å². The van der Waals surface area contributed by atoms with Gasteiger partial charge in [0, 0.05) is 69.3 Å². The summed E-state index contributed by atoms with van der Waals surface area (Å²) in [7, 11) is 3.34. The van der Waals surface area contributed by atoms with E-state index in [1.54, 1.807) is 14.2 Å². The summed E-state index contributed by atoms with van der Waals surface area (Å²) in [6.45, 7) is 5.27. The fourth-order valence-electron chi connectivity index (χ4n) is 3.46. The summed E-state index contributed by atoms with van der Waals surface area (Å²) in [6, 6.07) is 6.32. The van der Waals surface area contributed by atoms with Crippen LogP contribution < -0.4 is 14.8 Å². The summed E-state index contributed by atoms with van der Waals surface area (Å²) in [5.74, 6) is 4.10. The molecule has 1 N–H and O–H groups in total. The average Bonchev–Trinajstić information content (AvgIpc) is 2.69. The molecule has 3 rings (SSSR count). The topological polar surface area (TPSA) is 54.0 Å². The van der Waals surface area contributed by atoms with Crippen molar-refractivity contribution in [1.82, 2.24) is 15.1 Å². The van der Waals surface area contributed by atoms with Crippen molar-refractivity contribution in [2.24, 2.45) is 0 Å². The van der Waals surface area contributed by atoms with E-state index in [0.29, 0.717) is 12.5 Å². The summed E-state index contributed by atoms with van der Waals surface area (Å²) in [4.78, 5) is 16.9. The third-order valence-electron chi connectivity index (χ3n) is 4.96. The van der Waals surface area contributed by atoms with Gasteiger partial charge >= 0.3 is 0 Å². The molecular weight excluding hydrogens is 350 g/mol. The Morgan fingerprint density at radius 3 is 2.42 bits per heavy atom. The number of nitrogens with zero attached hydrogens (tertiary/aromatic N) is 2. The van der Waals surface area contributed by atoms with Crippen molar-refractivity contribution in [2.45, 2.75) is 19.0 Å². The standard InChI is InChI=1S/C19H29N3O3S/c1-24-17-9-15(10-18(12-17)25-2)13-21-4-6-22(7-5-21)19(23)11-16-14-26-8-3-20-16/h9-10,12,16,20H,3-8,11,13-14H2,1-2H3. The molecule has 2 aliphatic rings. The van der Waals surface area contributed by atoms with Crippen molar-refractivity contribution in [3.63, 3.8) is 0 Å². The van der Waals surface area contributed by atoms with Gasteiger partial charge in [0.15, 0.2) is 0 Å². The van der Waals surface area contributed by atoms with Crippen LogP contribution in [-0.2, 0) is 11.3 Å². The lowest BCUT2D eigenvalue weighted by atomic mass is 10.1. The van der Waals surface area contributed by atoms with Gasteiger partial charge in [-0.05, 0) is 17.7 Å². The minimum absolute atomic E-state index is 0.285. The first kappa shape index (κ1) is 19.3. The lowest BCUT2D eigenvalue weighted by Gasteiger charge is -2.36. The number of methoxy groups -OCH3 is 2. The fourth-order valence-corrected chi connectivity index (χ4v) is 4.41. The summed E-state index contributed by atoms with van der Waals surface area (Å²) in [5, 5.41) is 3.45. The van der Waals surface area contributed by atoms with Crippen LogP contribution in [0.15, 0.2) is 18.2 Å². The molecule has 2 heterocycles. The van der Waals surface area contributed by atoms with Crippen molar-refractivity contribution in [1.29, 1.82) is 0 Å². The predicted octanol–water partition coefficient (Wildman–Crippen LogP) is 1.44. The molecule has 1 amide bonds. The Bertz CT molecular complexity index is 577. The normalized spacial score (nSPS) is 21.5. The fraction of sp³-hybridized carbons (Fsp3) is 0.632. The first-order valence-electron chi connectivity index (χ1n) is 9.21.